The van der Waals surface area contributed by atoms with E-state index in [9.17, 15) is 4.79 Å². The van der Waals surface area contributed by atoms with E-state index in [2.05, 4.69) is 20.3 Å². The number of thiazole rings is 1. The molecule has 1 amide bonds. The summed E-state index contributed by atoms with van der Waals surface area (Å²) in [7, 11) is 0. The van der Waals surface area contributed by atoms with Crippen molar-refractivity contribution in [3.63, 3.8) is 0 Å². The third-order valence-electron chi connectivity index (χ3n) is 3.59. The first-order chi connectivity index (χ1) is 10.2. The predicted molar refractivity (Wildman–Crippen MR) is 81.4 cm³/mol. The molecule has 1 aliphatic heterocycles. The van der Waals surface area contributed by atoms with Gasteiger partial charge in [0, 0.05) is 36.3 Å². The third kappa shape index (κ3) is 3.36. The van der Waals surface area contributed by atoms with E-state index in [1.807, 2.05) is 17.9 Å². The Labute approximate surface area is 127 Å². The monoisotopic (exact) mass is 303 g/mol. The first-order valence-electron chi connectivity index (χ1n) is 6.95. The lowest BCUT2D eigenvalue weighted by Gasteiger charge is -2.32. The molecule has 1 fully saturated rings. The average molecular weight is 303 g/mol. The molecule has 110 valence electrons. The van der Waals surface area contributed by atoms with E-state index in [4.69, 9.17) is 0 Å². The van der Waals surface area contributed by atoms with Crippen molar-refractivity contribution in [2.75, 3.05) is 18.4 Å². The summed E-state index contributed by atoms with van der Waals surface area (Å²) in [5.41, 5.74) is 3.19. The van der Waals surface area contributed by atoms with Gasteiger partial charge in [-0.1, -0.05) is 0 Å². The number of amides is 1. The van der Waals surface area contributed by atoms with E-state index < -0.39 is 0 Å². The minimum atomic E-state index is 0.0348. The Hall–Kier alpha value is -2.02. The van der Waals surface area contributed by atoms with Gasteiger partial charge in [0.2, 0.25) is 0 Å². The van der Waals surface area contributed by atoms with E-state index in [0.717, 1.165) is 37.4 Å². The van der Waals surface area contributed by atoms with Gasteiger partial charge in [-0.2, -0.15) is 0 Å². The molecule has 3 heterocycles. The smallest absolute Gasteiger partial charge is 0.273 e. The molecule has 3 rings (SSSR count). The zero-order valence-corrected chi connectivity index (χ0v) is 12.6. The molecule has 0 saturated carbocycles. The Balaban J connectivity index is 1.54. The normalized spacial score (nSPS) is 16.0. The maximum atomic E-state index is 12.2. The van der Waals surface area contributed by atoms with Crippen LogP contribution >= 0.6 is 11.3 Å². The molecule has 2 aromatic heterocycles. The molecule has 1 aliphatic rings. The number of piperidine rings is 1. The fourth-order valence-corrected chi connectivity index (χ4v) is 2.98. The summed E-state index contributed by atoms with van der Waals surface area (Å²) in [5.74, 6) is 0.888. The second kappa shape index (κ2) is 6.17. The minimum absolute atomic E-state index is 0.0348. The zero-order chi connectivity index (χ0) is 14.7. The lowest BCUT2D eigenvalue weighted by molar-refractivity contribution is 0.0713. The van der Waals surface area contributed by atoms with Crippen LogP contribution in [0.25, 0.3) is 0 Å². The summed E-state index contributed by atoms with van der Waals surface area (Å²) < 4.78 is 0. The molecule has 21 heavy (non-hydrogen) atoms. The van der Waals surface area contributed by atoms with Crippen molar-refractivity contribution in [1.82, 2.24) is 19.9 Å². The third-order valence-corrected chi connectivity index (χ3v) is 4.18. The molecular weight excluding hydrogens is 286 g/mol. The number of rotatable bonds is 3. The van der Waals surface area contributed by atoms with Crippen LogP contribution in [0.15, 0.2) is 23.3 Å². The van der Waals surface area contributed by atoms with Gasteiger partial charge in [0.05, 0.1) is 5.51 Å². The highest BCUT2D eigenvalue weighted by molar-refractivity contribution is 7.07. The topological polar surface area (TPSA) is 71.0 Å². The maximum Gasteiger partial charge on any atom is 0.273 e. The Morgan fingerprint density at radius 2 is 2.14 bits per heavy atom. The number of carbonyl (C=O) groups excluding carboxylic acids is 1. The summed E-state index contributed by atoms with van der Waals surface area (Å²) in [5, 5.41) is 5.22. The van der Waals surface area contributed by atoms with Crippen LogP contribution < -0.4 is 5.32 Å². The average Bonchev–Trinajstić information content (AvgIpc) is 3.01. The molecule has 0 unspecified atom stereocenters. The van der Waals surface area contributed by atoms with Gasteiger partial charge in [-0.05, 0) is 19.8 Å². The molecule has 2 aromatic rings. The fraction of sp³-hybridized carbons (Fsp3) is 0.429. The van der Waals surface area contributed by atoms with E-state index in [0.29, 0.717) is 11.7 Å². The summed E-state index contributed by atoms with van der Waals surface area (Å²) in [6.45, 7) is 3.44. The van der Waals surface area contributed by atoms with Gasteiger partial charge in [-0.3, -0.25) is 4.79 Å². The number of anilines is 1. The first-order valence-corrected chi connectivity index (χ1v) is 7.89. The largest absolute Gasteiger partial charge is 0.367 e. The second-order valence-electron chi connectivity index (χ2n) is 5.13. The van der Waals surface area contributed by atoms with Crippen LogP contribution in [0.1, 0.15) is 29.0 Å². The highest BCUT2D eigenvalue weighted by Crippen LogP contribution is 2.17. The first kappa shape index (κ1) is 13.9. The molecule has 0 atom stereocenters. The zero-order valence-electron chi connectivity index (χ0n) is 11.8. The van der Waals surface area contributed by atoms with Crippen molar-refractivity contribution in [3.05, 3.63) is 34.7 Å². The van der Waals surface area contributed by atoms with Crippen LogP contribution in [0, 0.1) is 6.92 Å². The molecule has 0 aliphatic carbocycles. The van der Waals surface area contributed by atoms with Crippen LogP contribution in [-0.2, 0) is 0 Å². The fourth-order valence-electron chi connectivity index (χ4n) is 2.45. The molecule has 1 saturated heterocycles. The van der Waals surface area contributed by atoms with Gasteiger partial charge < -0.3 is 10.2 Å². The number of hydrogen-bond donors (Lipinski definition) is 1. The number of aromatic nitrogens is 3. The van der Waals surface area contributed by atoms with Crippen molar-refractivity contribution in [2.45, 2.75) is 25.8 Å². The predicted octanol–water partition coefficient (Wildman–Crippen LogP) is 1.96. The maximum absolute atomic E-state index is 12.2. The van der Waals surface area contributed by atoms with E-state index in [1.165, 1.54) is 11.3 Å². The Morgan fingerprint density at radius 1 is 1.33 bits per heavy atom. The Bertz CT molecular complexity index is 608. The molecule has 6 nitrogen and oxygen atoms in total. The lowest BCUT2D eigenvalue weighted by Crippen LogP contribution is -2.42. The highest BCUT2D eigenvalue weighted by Gasteiger charge is 2.24. The van der Waals surface area contributed by atoms with Crippen LogP contribution in [0.5, 0.6) is 0 Å². The van der Waals surface area contributed by atoms with Gasteiger partial charge >= 0.3 is 0 Å². The second-order valence-corrected chi connectivity index (χ2v) is 5.85. The quantitative estimate of drug-likeness (QED) is 0.938. The standard InChI is InChI=1S/C14H17N5OS/c1-10-6-13(16-8-15-10)18-11-2-4-19(5-3-11)14(20)12-7-21-9-17-12/h6-9,11H,2-5H2,1H3,(H,15,16,18). The summed E-state index contributed by atoms with van der Waals surface area (Å²) >= 11 is 1.45. The van der Waals surface area contributed by atoms with Crippen molar-refractivity contribution in [3.8, 4) is 0 Å². The molecule has 1 N–H and O–H groups in total. The van der Waals surface area contributed by atoms with Crippen molar-refractivity contribution in [2.24, 2.45) is 0 Å². The van der Waals surface area contributed by atoms with Crippen LogP contribution in [0.2, 0.25) is 0 Å². The van der Waals surface area contributed by atoms with Crippen LogP contribution in [-0.4, -0.2) is 44.9 Å². The van der Waals surface area contributed by atoms with E-state index >= 15 is 0 Å². The number of hydrogen-bond acceptors (Lipinski definition) is 6. The summed E-state index contributed by atoms with van der Waals surface area (Å²) in [6, 6.07) is 2.28. The van der Waals surface area contributed by atoms with Gasteiger partial charge in [0.1, 0.15) is 17.8 Å². The van der Waals surface area contributed by atoms with Gasteiger partial charge in [0.15, 0.2) is 0 Å². The minimum Gasteiger partial charge on any atom is -0.367 e. The van der Waals surface area contributed by atoms with Gasteiger partial charge in [-0.25, -0.2) is 15.0 Å². The number of nitrogens with one attached hydrogen (secondary N) is 1. The Morgan fingerprint density at radius 3 is 2.81 bits per heavy atom. The van der Waals surface area contributed by atoms with Crippen molar-refractivity contribution in [1.29, 1.82) is 0 Å². The van der Waals surface area contributed by atoms with Crippen molar-refractivity contribution < 1.29 is 4.79 Å². The van der Waals surface area contributed by atoms with Gasteiger partial charge in [0.25, 0.3) is 5.91 Å². The number of likely N-dealkylation sites (tertiary alicyclic amines) is 1. The van der Waals surface area contributed by atoms with E-state index in [-0.39, 0.29) is 5.91 Å². The summed E-state index contributed by atoms with van der Waals surface area (Å²) in [4.78, 5) is 26.5. The number of nitrogens with zero attached hydrogens (tertiary/aromatic N) is 4. The summed E-state index contributed by atoms with van der Waals surface area (Å²) in [6.07, 6.45) is 3.40. The molecule has 0 spiro atoms. The van der Waals surface area contributed by atoms with Gasteiger partial charge in [-0.15, -0.1) is 11.3 Å². The van der Waals surface area contributed by atoms with Crippen LogP contribution in [0.3, 0.4) is 0 Å². The molecule has 7 heteroatoms. The van der Waals surface area contributed by atoms with Crippen LogP contribution in [0.4, 0.5) is 5.82 Å². The number of aryl methyl sites for hydroxylation is 1. The molecule has 0 bridgehead atoms. The van der Waals surface area contributed by atoms with Crippen molar-refractivity contribution >= 4 is 23.1 Å². The molecule has 0 aromatic carbocycles. The molecular formula is C14H17N5OS. The highest BCUT2D eigenvalue weighted by atomic mass is 32.1. The SMILES string of the molecule is Cc1cc(NC2CCN(C(=O)c3cscn3)CC2)ncn1. The number of carbonyl (C=O) groups is 1. The molecule has 0 radical (unpaired) electrons. The van der Waals surface area contributed by atoms with E-state index in [1.54, 1.807) is 17.2 Å². The lowest BCUT2D eigenvalue weighted by atomic mass is 10.0. The Kier molecular flexibility index (Phi) is 4.10.